The molecule has 12 heavy (non-hydrogen) atoms. The molecule has 0 unspecified atom stereocenters. The Morgan fingerprint density at radius 1 is 1.25 bits per heavy atom. The summed E-state index contributed by atoms with van der Waals surface area (Å²) in [6.45, 7) is 5.62. The van der Waals surface area contributed by atoms with Gasteiger partial charge in [0.05, 0.1) is 0 Å². The van der Waals surface area contributed by atoms with Crippen molar-refractivity contribution in [2.45, 2.75) is 20.3 Å². The maximum absolute atomic E-state index is 9.83. The zero-order chi connectivity index (χ0) is 9.44. The van der Waals surface area contributed by atoms with Crippen molar-refractivity contribution >= 4 is 11.8 Å². The van der Waals surface area contributed by atoms with Crippen LogP contribution in [0.1, 0.15) is 20.3 Å². The number of hydrogen-bond acceptors (Lipinski definition) is 4. The SMILES string of the molecule is C=C(C)[O-].CC(=O)CC(=O)[O-].[Ru+3]. The van der Waals surface area contributed by atoms with Crippen molar-refractivity contribution in [3.63, 3.8) is 0 Å². The number of aliphatic carboxylic acids is 1. The first kappa shape index (κ1) is 17.4. The summed E-state index contributed by atoms with van der Waals surface area (Å²) in [5, 5.41) is 18.8. The van der Waals surface area contributed by atoms with E-state index in [-0.39, 0.29) is 31.0 Å². The number of carboxylic acid groups (broad SMARTS) is 1. The molecule has 0 saturated carbocycles. The Morgan fingerprint density at radius 2 is 1.50 bits per heavy atom. The third-order valence-corrected chi connectivity index (χ3v) is 0.393. The van der Waals surface area contributed by atoms with Gasteiger partial charge in [-0.25, -0.2) is 0 Å². The number of carbonyl (C=O) groups is 2. The zero-order valence-corrected chi connectivity index (χ0v) is 8.64. The first-order valence-corrected chi connectivity index (χ1v) is 2.88. The van der Waals surface area contributed by atoms with Crippen LogP contribution < -0.4 is 10.2 Å². The number of rotatable bonds is 2. The van der Waals surface area contributed by atoms with Gasteiger partial charge in [0, 0.05) is 12.4 Å². The quantitative estimate of drug-likeness (QED) is 0.347. The Balaban J connectivity index is -0.000000142. The van der Waals surface area contributed by atoms with Gasteiger partial charge in [-0.1, -0.05) is 6.92 Å². The summed E-state index contributed by atoms with van der Waals surface area (Å²) in [6, 6.07) is 0. The van der Waals surface area contributed by atoms with E-state index in [1.54, 1.807) is 0 Å². The topological polar surface area (TPSA) is 80.3 Å². The standard InChI is InChI=1S/C4H6O3.C3H6O.Ru/c1-3(5)2-4(6)7;1-3(2)4;/h2H2,1H3,(H,6,7);4H,1H2,2H3;/q;;+3/p-2. The van der Waals surface area contributed by atoms with Crippen molar-refractivity contribution in [1.29, 1.82) is 0 Å². The number of allylic oxidation sites excluding steroid dienone is 1. The van der Waals surface area contributed by atoms with Crippen LogP contribution in [-0.2, 0) is 29.1 Å². The van der Waals surface area contributed by atoms with Crippen molar-refractivity contribution in [3.8, 4) is 0 Å². The van der Waals surface area contributed by atoms with Crippen LogP contribution in [0.3, 0.4) is 0 Å². The fourth-order valence-electron chi connectivity index (χ4n) is 0.203. The summed E-state index contributed by atoms with van der Waals surface area (Å²) in [5.41, 5.74) is 0. The van der Waals surface area contributed by atoms with Crippen LogP contribution in [0.4, 0.5) is 0 Å². The molecular formula is C7H10O4Ru+. The van der Waals surface area contributed by atoms with Crippen LogP contribution in [0.5, 0.6) is 0 Å². The average molecular weight is 259 g/mol. The van der Waals surface area contributed by atoms with Gasteiger partial charge in [-0.15, -0.1) is 12.3 Å². The van der Waals surface area contributed by atoms with Crippen LogP contribution in [-0.4, -0.2) is 11.8 Å². The smallest absolute Gasteiger partial charge is 0.876 e. The van der Waals surface area contributed by atoms with E-state index >= 15 is 0 Å². The average Bonchev–Trinajstić information content (AvgIpc) is 1.56. The van der Waals surface area contributed by atoms with E-state index in [4.69, 9.17) is 0 Å². The molecular weight excluding hydrogens is 249 g/mol. The molecule has 0 aliphatic carbocycles. The number of carbonyl (C=O) groups excluding carboxylic acids is 2. The number of hydrogen-bond donors (Lipinski definition) is 0. The Labute approximate surface area is 84.0 Å². The van der Waals surface area contributed by atoms with Gasteiger partial charge in [-0.05, 0) is 6.92 Å². The molecule has 0 amide bonds. The fourth-order valence-corrected chi connectivity index (χ4v) is 0.203. The second kappa shape index (κ2) is 10.3. The van der Waals surface area contributed by atoms with Crippen LogP contribution >= 0.6 is 0 Å². The molecule has 0 aromatic heterocycles. The van der Waals surface area contributed by atoms with Gasteiger partial charge >= 0.3 is 19.5 Å². The maximum atomic E-state index is 9.83. The number of carboxylic acids is 1. The van der Waals surface area contributed by atoms with E-state index in [9.17, 15) is 19.8 Å². The predicted octanol–water partition coefficient (Wildman–Crippen LogP) is -1.41. The van der Waals surface area contributed by atoms with E-state index < -0.39 is 12.4 Å². The van der Waals surface area contributed by atoms with E-state index in [1.807, 2.05) is 0 Å². The predicted molar refractivity (Wildman–Crippen MR) is 35.1 cm³/mol. The Kier molecular flexibility index (Phi) is 14.9. The Morgan fingerprint density at radius 3 is 1.50 bits per heavy atom. The van der Waals surface area contributed by atoms with Gasteiger partial charge in [0.1, 0.15) is 5.78 Å². The molecule has 0 fully saturated rings. The molecule has 5 heteroatoms. The molecule has 0 atom stereocenters. The molecule has 0 aromatic rings. The van der Waals surface area contributed by atoms with E-state index in [0.717, 1.165) is 0 Å². The number of ketones is 1. The normalized spacial score (nSPS) is 6.83. The van der Waals surface area contributed by atoms with Gasteiger partial charge in [-0.2, -0.15) is 0 Å². The molecule has 0 aliphatic rings. The van der Waals surface area contributed by atoms with Crippen molar-refractivity contribution in [2.75, 3.05) is 0 Å². The van der Waals surface area contributed by atoms with Gasteiger partial charge in [0.2, 0.25) is 0 Å². The van der Waals surface area contributed by atoms with Crippen molar-refractivity contribution in [3.05, 3.63) is 12.3 Å². The first-order valence-electron chi connectivity index (χ1n) is 2.88. The fraction of sp³-hybridized carbons (Fsp3) is 0.429. The molecule has 0 aliphatic heterocycles. The van der Waals surface area contributed by atoms with Crippen LogP contribution in [0.25, 0.3) is 0 Å². The maximum Gasteiger partial charge on any atom is 3.00 e. The summed E-state index contributed by atoms with van der Waals surface area (Å²) < 4.78 is 0. The van der Waals surface area contributed by atoms with Crippen LogP contribution in [0, 0.1) is 0 Å². The van der Waals surface area contributed by atoms with Gasteiger partial charge in [0.25, 0.3) is 0 Å². The van der Waals surface area contributed by atoms with Crippen molar-refractivity contribution < 1.29 is 39.3 Å². The summed E-state index contributed by atoms with van der Waals surface area (Å²) in [5.74, 6) is -1.77. The Bertz CT molecular complexity index is 149. The molecule has 0 heterocycles. The molecule has 0 saturated heterocycles. The monoisotopic (exact) mass is 260 g/mol. The largest absolute Gasteiger partial charge is 3.00 e. The second-order valence-electron chi connectivity index (χ2n) is 1.95. The molecule has 0 aromatic carbocycles. The van der Waals surface area contributed by atoms with E-state index in [2.05, 4.69) is 6.58 Å². The Hall–Kier alpha value is -0.697. The molecule has 0 spiro atoms. The molecule has 0 N–H and O–H groups in total. The van der Waals surface area contributed by atoms with Crippen LogP contribution in [0.2, 0.25) is 0 Å². The minimum Gasteiger partial charge on any atom is -0.876 e. The molecule has 4 nitrogen and oxygen atoms in total. The summed E-state index contributed by atoms with van der Waals surface area (Å²) >= 11 is 0. The van der Waals surface area contributed by atoms with Gasteiger partial charge < -0.3 is 15.0 Å². The third kappa shape index (κ3) is 58.8. The van der Waals surface area contributed by atoms with E-state index in [0.29, 0.717) is 0 Å². The zero-order valence-electron chi connectivity index (χ0n) is 6.90. The molecule has 1 radical (unpaired) electrons. The molecule has 0 bridgehead atoms. The summed E-state index contributed by atoms with van der Waals surface area (Å²) in [6.07, 6.45) is -0.472. The third-order valence-electron chi connectivity index (χ3n) is 0.393. The van der Waals surface area contributed by atoms with Crippen molar-refractivity contribution in [1.82, 2.24) is 0 Å². The van der Waals surface area contributed by atoms with Crippen molar-refractivity contribution in [2.24, 2.45) is 0 Å². The van der Waals surface area contributed by atoms with Crippen LogP contribution in [0.15, 0.2) is 12.3 Å². The summed E-state index contributed by atoms with van der Waals surface area (Å²) in [7, 11) is 0. The van der Waals surface area contributed by atoms with Gasteiger partial charge in [-0.3, -0.25) is 4.79 Å². The first-order chi connectivity index (χ1) is 4.86. The van der Waals surface area contributed by atoms with Gasteiger partial charge in [0.15, 0.2) is 0 Å². The minimum absolute atomic E-state index is 0. The summed E-state index contributed by atoms with van der Waals surface area (Å²) in [4.78, 5) is 19.3. The van der Waals surface area contributed by atoms with E-state index in [1.165, 1.54) is 13.8 Å². The molecule has 0 rings (SSSR count). The molecule has 69 valence electrons. The number of Topliss-reactive ketones (excluding diaryl/α,β-unsaturated/α-hetero) is 1. The second-order valence-corrected chi connectivity index (χ2v) is 1.95. The minimum atomic E-state index is -1.31.